The Morgan fingerprint density at radius 3 is 2.33 bits per heavy atom. The van der Waals surface area contributed by atoms with E-state index in [1.807, 2.05) is 12.1 Å². The molecule has 4 atom stereocenters. The van der Waals surface area contributed by atoms with Gasteiger partial charge in [-0.1, -0.05) is 62.2 Å². The fourth-order valence-corrected chi connectivity index (χ4v) is 7.80. The van der Waals surface area contributed by atoms with E-state index in [1.54, 1.807) is 0 Å². The van der Waals surface area contributed by atoms with Gasteiger partial charge in [0.15, 0.2) is 0 Å². The SMILES string of the molecule is CCC1(c2cccc(NS(C)(=O)=O)c2)C2CN(CC3CCCCC3Cc3ccccc3)CC21. The number of anilines is 1. The van der Waals surface area contributed by atoms with Crippen molar-refractivity contribution in [2.75, 3.05) is 30.6 Å². The molecule has 1 aliphatic heterocycles. The number of piperidine rings is 1. The number of rotatable bonds is 8. The topological polar surface area (TPSA) is 49.4 Å². The molecule has 5 rings (SSSR count). The monoisotopic (exact) mass is 466 g/mol. The van der Waals surface area contributed by atoms with E-state index in [9.17, 15) is 8.42 Å². The third-order valence-electron chi connectivity index (χ3n) is 8.80. The van der Waals surface area contributed by atoms with Crippen molar-refractivity contribution >= 4 is 15.7 Å². The standard InChI is InChI=1S/C28H38N2O2S/c1-3-28(24-14-9-15-25(17-24)29-33(2,31)32)26-19-30(20-27(26)28)18-23-13-8-7-12-22(23)16-21-10-5-4-6-11-21/h4-6,9-11,14-15,17,22-23,26-27,29H,3,7-8,12-13,16,18-20H2,1-2H3. The number of hydrogen-bond donors (Lipinski definition) is 1. The zero-order valence-electron chi connectivity index (χ0n) is 20.0. The number of nitrogens with zero attached hydrogens (tertiary/aromatic N) is 1. The molecule has 0 spiro atoms. The Kier molecular flexibility index (Phi) is 6.30. The summed E-state index contributed by atoms with van der Waals surface area (Å²) in [5, 5.41) is 0. The van der Waals surface area contributed by atoms with E-state index >= 15 is 0 Å². The van der Waals surface area contributed by atoms with Gasteiger partial charge in [-0.25, -0.2) is 8.42 Å². The number of likely N-dealkylation sites (tertiary alicyclic amines) is 1. The van der Waals surface area contributed by atoms with Crippen molar-refractivity contribution in [3.8, 4) is 0 Å². The summed E-state index contributed by atoms with van der Waals surface area (Å²) < 4.78 is 26.1. The molecule has 3 fully saturated rings. The van der Waals surface area contributed by atoms with E-state index in [-0.39, 0.29) is 5.41 Å². The van der Waals surface area contributed by atoms with E-state index in [1.165, 1.54) is 69.1 Å². The minimum atomic E-state index is -3.26. The first kappa shape index (κ1) is 22.9. The molecule has 0 amide bonds. The van der Waals surface area contributed by atoms with Crippen LogP contribution < -0.4 is 4.72 Å². The Balaban J connectivity index is 1.23. The predicted octanol–water partition coefficient (Wildman–Crippen LogP) is 5.32. The lowest BCUT2D eigenvalue weighted by molar-refractivity contribution is 0.152. The summed E-state index contributed by atoms with van der Waals surface area (Å²) >= 11 is 0. The molecule has 2 aromatic carbocycles. The van der Waals surface area contributed by atoms with E-state index in [4.69, 9.17) is 0 Å². The van der Waals surface area contributed by atoms with E-state index in [0.29, 0.717) is 17.5 Å². The summed E-state index contributed by atoms with van der Waals surface area (Å²) in [6.07, 6.45) is 9.09. The first-order chi connectivity index (χ1) is 15.9. The van der Waals surface area contributed by atoms with E-state index < -0.39 is 10.0 Å². The average Bonchev–Trinajstić information content (AvgIpc) is 3.17. The van der Waals surface area contributed by atoms with Crippen molar-refractivity contribution in [3.63, 3.8) is 0 Å². The summed E-state index contributed by atoms with van der Waals surface area (Å²) in [4.78, 5) is 2.75. The molecular weight excluding hydrogens is 428 g/mol. The zero-order chi connectivity index (χ0) is 23.1. The second kappa shape index (κ2) is 9.07. The molecule has 2 aliphatic carbocycles. The third-order valence-corrected chi connectivity index (χ3v) is 9.40. The number of nitrogens with one attached hydrogen (secondary N) is 1. The minimum absolute atomic E-state index is 0.224. The van der Waals surface area contributed by atoms with Gasteiger partial charge in [-0.05, 0) is 72.6 Å². The number of fused-ring (bicyclic) bond motifs is 1. The van der Waals surface area contributed by atoms with Crippen LogP contribution in [0.5, 0.6) is 0 Å². The largest absolute Gasteiger partial charge is 0.302 e. The Morgan fingerprint density at radius 1 is 0.970 bits per heavy atom. The summed E-state index contributed by atoms with van der Waals surface area (Å²) in [7, 11) is -3.26. The van der Waals surface area contributed by atoms with Crippen molar-refractivity contribution in [2.45, 2.75) is 50.9 Å². The molecule has 2 saturated carbocycles. The Bertz CT molecular complexity index is 1060. The quantitative estimate of drug-likeness (QED) is 0.573. The molecule has 3 aliphatic rings. The number of sulfonamides is 1. The molecule has 0 aromatic heterocycles. The van der Waals surface area contributed by atoms with Crippen LogP contribution in [-0.4, -0.2) is 39.2 Å². The average molecular weight is 467 g/mol. The van der Waals surface area contributed by atoms with Crippen LogP contribution in [0.2, 0.25) is 0 Å². The Hall–Kier alpha value is -1.85. The summed E-state index contributed by atoms with van der Waals surface area (Å²) in [5.74, 6) is 3.03. The van der Waals surface area contributed by atoms with E-state index in [0.717, 1.165) is 18.3 Å². The molecule has 178 valence electrons. The van der Waals surface area contributed by atoms with Crippen LogP contribution in [0.1, 0.15) is 50.2 Å². The molecule has 2 aromatic rings. The minimum Gasteiger partial charge on any atom is -0.302 e. The van der Waals surface area contributed by atoms with Gasteiger partial charge in [0.05, 0.1) is 6.26 Å². The highest BCUT2D eigenvalue weighted by atomic mass is 32.2. The van der Waals surface area contributed by atoms with Crippen molar-refractivity contribution in [2.24, 2.45) is 23.7 Å². The first-order valence-electron chi connectivity index (χ1n) is 12.7. The third kappa shape index (κ3) is 4.72. The molecule has 4 nitrogen and oxygen atoms in total. The van der Waals surface area contributed by atoms with Gasteiger partial charge >= 0.3 is 0 Å². The normalized spacial score (nSPS) is 31.8. The maximum absolute atomic E-state index is 11.7. The van der Waals surface area contributed by atoms with Crippen LogP contribution in [0.4, 0.5) is 5.69 Å². The molecule has 33 heavy (non-hydrogen) atoms. The number of hydrogen-bond acceptors (Lipinski definition) is 3. The van der Waals surface area contributed by atoms with Crippen LogP contribution in [0.15, 0.2) is 54.6 Å². The van der Waals surface area contributed by atoms with Crippen LogP contribution in [-0.2, 0) is 21.9 Å². The molecule has 1 saturated heterocycles. The summed E-state index contributed by atoms with van der Waals surface area (Å²) in [6, 6.07) is 19.2. The molecule has 1 N–H and O–H groups in total. The predicted molar refractivity (Wildman–Crippen MR) is 136 cm³/mol. The van der Waals surface area contributed by atoms with Gasteiger partial charge < -0.3 is 4.90 Å². The molecule has 0 bridgehead atoms. The fourth-order valence-electron chi connectivity index (χ4n) is 7.25. The fraction of sp³-hybridized carbons (Fsp3) is 0.571. The van der Waals surface area contributed by atoms with Crippen LogP contribution in [0, 0.1) is 23.7 Å². The second-order valence-corrected chi connectivity index (χ2v) is 12.5. The maximum atomic E-state index is 11.7. The van der Waals surface area contributed by atoms with Gasteiger partial charge in [-0.3, -0.25) is 4.72 Å². The van der Waals surface area contributed by atoms with Gasteiger partial charge in [0, 0.05) is 30.7 Å². The molecule has 4 unspecified atom stereocenters. The zero-order valence-corrected chi connectivity index (χ0v) is 20.9. The van der Waals surface area contributed by atoms with Gasteiger partial charge in [-0.15, -0.1) is 0 Å². The number of benzene rings is 2. The molecular formula is C28H38N2O2S. The lowest BCUT2D eigenvalue weighted by Crippen LogP contribution is -2.37. The first-order valence-corrected chi connectivity index (χ1v) is 14.6. The van der Waals surface area contributed by atoms with Crippen LogP contribution >= 0.6 is 0 Å². The molecule has 1 heterocycles. The van der Waals surface area contributed by atoms with E-state index in [2.05, 4.69) is 59.0 Å². The maximum Gasteiger partial charge on any atom is 0.229 e. The Morgan fingerprint density at radius 2 is 1.67 bits per heavy atom. The van der Waals surface area contributed by atoms with Gasteiger partial charge in [-0.2, -0.15) is 0 Å². The van der Waals surface area contributed by atoms with Crippen molar-refractivity contribution < 1.29 is 8.42 Å². The van der Waals surface area contributed by atoms with Crippen molar-refractivity contribution in [1.82, 2.24) is 4.90 Å². The second-order valence-electron chi connectivity index (χ2n) is 10.8. The lowest BCUT2D eigenvalue weighted by Gasteiger charge is -2.36. The molecule has 5 heteroatoms. The van der Waals surface area contributed by atoms with Gasteiger partial charge in [0.2, 0.25) is 10.0 Å². The van der Waals surface area contributed by atoms with Crippen molar-refractivity contribution in [3.05, 3.63) is 65.7 Å². The van der Waals surface area contributed by atoms with Gasteiger partial charge in [0.1, 0.15) is 0 Å². The Labute approximate surface area is 199 Å². The molecule has 0 radical (unpaired) electrons. The van der Waals surface area contributed by atoms with Crippen LogP contribution in [0.3, 0.4) is 0 Å². The smallest absolute Gasteiger partial charge is 0.229 e. The highest BCUT2D eigenvalue weighted by Gasteiger charge is 2.67. The lowest BCUT2D eigenvalue weighted by atomic mass is 9.76. The van der Waals surface area contributed by atoms with Gasteiger partial charge in [0.25, 0.3) is 0 Å². The van der Waals surface area contributed by atoms with Crippen molar-refractivity contribution in [1.29, 1.82) is 0 Å². The highest BCUT2D eigenvalue weighted by Crippen LogP contribution is 2.65. The highest BCUT2D eigenvalue weighted by molar-refractivity contribution is 7.92. The summed E-state index contributed by atoms with van der Waals surface area (Å²) in [6.45, 7) is 5.93. The van der Waals surface area contributed by atoms with Crippen LogP contribution in [0.25, 0.3) is 0 Å². The summed E-state index contributed by atoms with van der Waals surface area (Å²) in [5.41, 5.74) is 3.72.